The van der Waals surface area contributed by atoms with E-state index in [0.29, 0.717) is 25.4 Å². The molecule has 2 fully saturated rings. The van der Waals surface area contributed by atoms with Crippen LogP contribution >= 0.6 is 0 Å². The summed E-state index contributed by atoms with van der Waals surface area (Å²) in [7, 11) is 0. The lowest BCUT2D eigenvalue weighted by atomic mass is 9.95. The maximum absolute atomic E-state index is 12.3. The predicted molar refractivity (Wildman–Crippen MR) is 101 cm³/mol. The van der Waals surface area contributed by atoms with Gasteiger partial charge in [-0.05, 0) is 37.3 Å². The van der Waals surface area contributed by atoms with Crippen molar-refractivity contribution in [3.63, 3.8) is 0 Å². The third-order valence-electron chi connectivity index (χ3n) is 5.31. The molecule has 26 heavy (non-hydrogen) atoms. The van der Waals surface area contributed by atoms with E-state index in [1.54, 1.807) is 0 Å². The summed E-state index contributed by atoms with van der Waals surface area (Å²) in [6.45, 7) is 4.77. The molecule has 2 amide bonds. The van der Waals surface area contributed by atoms with E-state index in [1.807, 2.05) is 23.1 Å². The molecule has 0 unspecified atom stereocenters. The van der Waals surface area contributed by atoms with Crippen LogP contribution in [-0.4, -0.2) is 62.7 Å². The lowest BCUT2D eigenvalue weighted by Gasteiger charge is -2.36. The summed E-state index contributed by atoms with van der Waals surface area (Å²) in [5.74, 6) is 0.571. The van der Waals surface area contributed by atoms with Gasteiger partial charge in [-0.3, -0.25) is 9.59 Å². The van der Waals surface area contributed by atoms with E-state index in [1.165, 1.54) is 5.69 Å². The first-order valence-electron chi connectivity index (χ1n) is 9.64. The van der Waals surface area contributed by atoms with Crippen LogP contribution in [0.1, 0.15) is 25.7 Å². The number of amides is 2. The van der Waals surface area contributed by atoms with Crippen LogP contribution < -0.4 is 10.2 Å². The zero-order valence-corrected chi connectivity index (χ0v) is 15.4. The molecule has 3 rings (SSSR count). The lowest BCUT2D eigenvalue weighted by Crippen LogP contribution is -2.51. The maximum Gasteiger partial charge on any atom is 0.242 e. The highest BCUT2D eigenvalue weighted by atomic mass is 16.5. The minimum Gasteiger partial charge on any atom is -0.381 e. The van der Waals surface area contributed by atoms with Crippen molar-refractivity contribution in [2.75, 3.05) is 50.8 Å². The molecule has 2 aliphatic rings. The summed E-state index contributed by atoms with van der Waals surface area (Å²) in [4.78, 5) is 28.4. The average molecular weight is 359 g/mol. The Bertz CT molecular complexity index is 579. The molecule has 142 valence electrons. The van der Waals surface area contributed by atoms with Crippen LogP contribution in [0.2, 0.25) is 0 Å². The van der Waals surface area contributed by atoms with E-state index in [0.717, 1.165) is 45.6 Å². The highest BCUT2D eigenvalue weighted by molar-refractivity contribution is 5.84. The van der Waals surface area contributed by atoms with Gasteiger partial charge < -0.3 is 19.9 Å². The average Bonchev–Trinajstić information content (AvgIpc) is 2.72. The number of ether oxygens (including phenoxy) is 1. The monoisotopic (exact) mass is 359 g/mol. The molecular weight excluding hydrogens is 330 g/mol. The lowest BCUT2D eigenvalue weighted by molar-refractivity contribution is -0.133. The largest absolute Gasteiger partial charge is 0.381 e. The van der Waals surface area contributed by atoms with Crippen molar-refractivity contribution in [3.05, 3.63) is 30.3 Å². The van der Waals surface area contributed by atoms with Gasteiger partial charge in [0.15, 0.2) is 0 Å². The van der Waals surface area contributed by atoms with Crippen LogP contribution in [0, 0.1) is 5.92 Å². The van der Waals surface area contributed by atoms with Crippen LogP contribution in [0.25, 0.3) is 0 Å². The van der Waals surface area contributed by atoms with E-state index >= 15 is 0 Å². The Morgan fingerprint density at radius 1 is 1.04 bits per heavy atom. The normalized spacial score (nSPS) is 18.6. The molecular formula is C20H29N3O3. The second kappa shape index (κ2) is 9.57. The summed E-state index contributed by atoms with van der Waals surface area (Å²) < 4.78 is 5.33. The van der Waals surface area contributed by atoms with E-state index in [2.05, 4.69) is 22.3 Å². The minimum atomic E-state index is -0.0206. The van der Waals surface area contributed by atoms with Gasteiger partial charge in [-0.15, -0.1) is 0 Å². The number of anilines is 1. The first-order valence-corrected chi connectivity index (χ1v) is 9.64. The van der Waals surface area contributed by atoms with E-state index in [4.69, 9.17) is 4.74 Å². The quantitative estimate of drug-likeness (QED) is 0.839. The Labute approximate surface area is 155 Å². The molecule has 6 nitrogen and oxygen atoms in total. The van der Waals surface area contributed by atoms with Crippen molar-refractivity contribution in [1.29, 1.82) is 0 Å². The van der Waals surface area contributed by atoms with Crippen LogP contribution in [0.4, 0.5) is 5.69 Å². The molecule has 6 heteroatoms. The SMILES string of the molecule is O=C(CCC1CCOCC1)NCC(=O)N1CCN(c2ccccc2)CC1. The molecule has 1 aromatic carbocycles. The van der Waals surface area contributed by atoms with Crippen molar-refractivity contribution >= 4 is 17.5 Å². The molecule has 0 aliphatic carbocycles. The van der Waals surface area contributed by atoms with E-state index in [9.17, 15) is 9.59 Å². The first kappa shape index (κ1) is 18.7. The molecule has 2 heterocycles. The Hall–Kier alpha value is -2.08. The van der Waals surface area contributed by atoms with Crippen molar-refractivity contribution in [1.82, 2.24) is 10.2 Å². The Morgan fingerprint density at radius 2 is 1.73 bits per heavy atom. The van der Waals surface area contributed by atoms with Gasteiger partial charge in [-0.2, -0.15) is 0 Å². The number of piperazine rings is 1. The first-order chi connectivity index (χ1) is 12.7. The number of nitrogens with zero attached hydrogens (tertiary/aromatic N) is 2. The Morgan fingerprint density at radius 3 is 2.42 bits per heavy atom. The number of hydrogen-bond donors (Lipinski definition) is 1. The summed E-state index contributed by atoms with van der Waals surface area (Å²) in [6, 6.07) is 10.3. The van der Waals surface area contributed by atoms with Gasteiger partial charge in [-0.1, -0.05) is 18.2 Å². The smallest absolute Gasteiger partial charge is 0.242 e. The van der Waals surface area contributed by atoms with E-state index in [-0.39, 0.29) is 18.4 Å². The van der Waals surface area contributed by atoms with E-state index < -0.39 is 0 Å². The van der Waals surface area contributed by atoms with Crippen molar-refractivity contribution in [3.8, 4) is 0 Å². The summed E-state index contributed by atoms with van der Waals surface area (Å²) in [6.07, 6.45) is 3.47. The molecule has 0 radical (unpaired) electrons. The van der Waals surface area contributed by atoms with Gasteiger partial charge in [0.2, 0.25) is 11.8 Å². The molecule has 0 atom stereocenters. The fourth-order valence-electron chi connectivity index (χ4n) is 3.60. The fraction of sp³-hybridized carbons (Fsp3) is 0.600. The second-order valence-corrected chi connectivity index (χ2v) is 7.07. The van der Waals surface area contributed by atoms with Crippen LogP contribution in [0.15, 0.2) is 30.3 Å². The molecule has 0 bridgehead atoms. The predicted octanol–water partition coefficient (Wildman–Crippen LogP) is 1.66. The third kappa shape index (κ3) is 5.46. The Balaban J connectivity index is 1.33. The van der Waals surface area contributed by atoms with Crippen molar-refractivity contribution < 1.29 is 14.3 Å². The highest BCUT2D eigenvalue weighted by Crippen LogP contribution is 2.19. The maximum atomic E-state index is 12.3. The molecule has 0 spiro atoms. The highest BCUT2D eigenvalue weighted by Gasteiger charge is 2.21. The zero-order chi connectivity index (χ0) is 18.2. The molecule has 1 N–H and O–H groups in total. The van der Waals surface area contributed by atoms with Gasteiger partial charge in [0.25, 0.3) is 0 Å². The molecule has 0 saturated carbocycles. The Kier molecular flexibility index (Phi) is 6.89. The topological polar surface area (TPSA) is 61.9 Å². The van der Waals surface area contributed by atoms with Gasteiger partial charge in [0.1, 0.15) is 0 Å². The van der Waals surface area contributed by atoms with Gasteiger partial charge in [-0.25, -0.2) is 0 Å². The summed E-state index contributed by atoms with van der Waals surface area (Å²) in [5, 5.41) is 2.79. The fourth-order valence-corrected chi connectivity index (χ4v) is 3.60. The minimum absolute atomic E-state index is 0.0112. The summed E-state index contributed by atoms with van der Waals surface area (Å²) >= 11 is 0. The number of benzene rings is 1. The van der Waals surface area contributed by atoms with Crippen molar-refractivity contribution in [2.24, 2.45) is 5.92 Å². The standard InChI is InChI=1S/C20H29N3O3/c24-19(7-6-17-8-14-26-15-9-17)21-16-20(25)23-12-10-22(11-13-23)18-4-2-1-3-5-18/h1-5,17H,6-16H2,(H,21,24). The number of rotatable bonds is 6. The number of carbonyl (C=O) groups is 2. The van der Waals surface area contributed by atoms with Crippen LogP contribution in [0.5, 0.6) is 0 Å². The zero-order valence-electron chi connectivity index (χ0n) is 15.4. The van der Waals surface area contributed by atoms with Crippen molar-refractivity contribution in [2.45, 2.75) is 25.7 Å². The summed E-state index contributed by atoms with van der Waals surface area (Å²) in [5.41, 5.74) is 1.20. The van der Waals surface area contributed by atoms with Crippen LogP contribution in [0.3, 0.4) is 0 Å². The number of carbonyl (C=O) groups excluding carboxylic acids is 2. The molecule has 0 aromatic heterocycles. The molecule has 2 saturated heterocycles. The second-order valence-electron chi connectivity index (χ2n) is 7.07. The number of para-hydroxylation sites is 1. The molecule has 1 aromatic rings. The van der Waals surface area contributed by atoms with Gasteiger partial charge in [0.05, 0.1) is 6.54 Å². The molecule has 2 aliphatic heterocycles. The number of nitrogens with one attached hydrogen (secondary N) is 1. The van der Waals surface area contributed by atoms with Crippen LogP contribution in [-0.2, 0) is 14.3 Å². The third-order valence-corrected chi connectivity index (χ3v) is 5.31. The van der Waals surface area contributed by atoms with Gasteiger partial charge >= 0.3 is 0 Å². The van der Waals surface area contributed by atoms with Gasteiger partial charge in [0, 0.05) is 51.5 Å². The number of hydrogen-bond acceptors (Lipinski definition) is 4.